The second-order valence-corrected chi connectivity index (χ2v) is 7.90. The largest absolute Gasteiger partial charge is 0.339 e. The van der Waals surface area contributed by atoms with E-state index in [9.17, 15) is 0 Å². The zero-order valence-corrected chi connectivity index (χ0v) is 15.6. The number of hydrogen-bond donors (Lipinski definition) is 0. The van der Waals surface area contributed by atoms with Gasteiger partial charge in [0.2, 0.25) is 11.7 Å². The van der Waals surface area contributed by atoms with Gasteiger partial charge >= 0.3 is 0 Å². The molecule has 0 unspecified atom stereocenters. The Hall–Kier alpha value is -3.04. The standard InChI is InChI=1S/C22H21N5O/c23-13-16-3-5-17(6-4-16)15-27-10-7-22(8-11-27)12-19(22)21-25-20(26-28-21)18-2-1-9-24-14-18/h1-6,9,14,19H,7-8,10-12,15H2/t19-/m1/s1. The first-order chi connectivity index (χ1) is 13.8. The Labute approximate surface area is 163 Å². The Morgan fingerprint density at radius 1 is 1.18 bits per heavy atom. The summed E-state index contributed by atoms with van der Waals surface area (Å²) in [6.07, 6.45) is 6.98. The molecule has 1 atom stereocenters. The molecule has 2 aromatic heterocycles. The average molecular weight is 371 g/mol. The molecule has 1 aliphatic carbocycles. The van der Waals surface area contributed by atoms with Crippen LogP contribution >= 0.6 is 0 Å². The number of rotatable bonds is 4. The molecule has 0 radical (unpaired) electrons. The van der Waals surface area contributed by atoms with Gasteiger partial charge in [-0.3, -0.25) is 9.88 Å². The van der Waals surface area contributed by atoms with E-state index in [2.05, 4.69) is 38.2 Å². The molecule has 1 saturated carbocycles. The van der Waals surface area contributed by atoms with E-state index in [1.54, 1.807) is 12.4 Å². The van der Waals surface area contributed by atoms with Gasteiger partial charge in [-0.1, -0.05) is 17.3 Å². The predicted octanol–water partition coefficient (Wildman–Crippen LogP) is 3.77. The van der Waals surface area contributed by atoms with Gasteiger partial charge in [-0.15, -0.1) is 0 Å². The van der Waals surface area contributed by atoms with Gasteiger partial charge in [0.25, 0.3) is 0 Å². The molecule has 6 nitrogen and oxygen atoms in total. The van der Waals surface area contributed by atoms with Crippen molar-refractivity contribution in [2.24, 2.45) is 5.41 Å². The first-order valence-electron chi connectivity index (χ1n) is 9.71. The van der Waals surface area contributed by atoms with Crippen molar-refractivity contribution in [1.82, 2.24) is 20.0 Å². The molecular formula is C22H21N5O. The predicted molar refractivity (Wildman–Crippen MR) is 103 cm³/mol. The van der Waals surface area contributed by atoms with Crippen LogP contribution in [-0.4, -0.2) is 33.1 Å². The minimum atomic E-state index is 0.333. The highest BCUT2D eigenvalue weighted by molar-refractivity contribution is 5.52. The fraction of sp³-hybridized carbons (Fsp3) is 0.364. The van der Waals surface area contributed by atoms with Crippen LogP contribution < -0.4 is 0 Å². The van der Waals surface area contributed by atoms with E-state index < -0.39 is 0 Å². The summed E-state index contributed by atoms with van der Waals surface area (Å²) in [6, 6.07) is 13.9. The van der Waals surface area contributed by atoms with E-state index >= 15 is 0 Å². The number of likely N-dealkylation sites (tertiary alicyclic amines) is 1. The van der Waals surface area contributed by atoms with Gasteiger partial charge < -0.3 is 4.52 Å². The molecule has 3 aromatic rings. The summed E-state index contributed by atoms with van der Waals surface area (Å²) in [5.74, 6) is 1.80. The van der Waals surface area contributed by atoms with Gasteiger partial charge in [-0.05, 0) is 67.6 Å². The third-order valence-electron chi connectivity index (χ3n) is 6.19. The monoisotopic (exact) mass is 371 g/mol. The first kappa shape index (κ1) is 17.1. The van der Waals surface area contributed by atoms with Crippen LogP contribution in [0, 0.1) is 16.7 Å². The number of aromatic nitrogens is 3. The number of benzene rings is 1. The van der Waals surface area contributed by atoms with Gasteiger partial charge in [-0.2, -0.15) is 10.2 Å². The smallest absolute Gasteiger partial charge is 0.230 e. The molecule has 1 spiro atoms. The first-order valence-corrected chi connectivity index (χ1v) is 9.71. The summed E-state index contributed by atoms with van der Waals surface area (Å²) < 4.78 is 5.59. The lowest BCUT2D eigenvalue weighted by Crippen LogP contribution is -2.34. The van der Waals surface area contributed by atoms with Gasteiger partial charge in [0.1, 0.15) is 0 Å². The van der Waals surface area contributed by atoms with Crippen LogP contribution in [0.25, 0.3) is 11.4 Å². The van der Waals surface area contributed by atoms with Gasteiger partial charge in [0, 0.05) is 30.4 Å². The van der Waals surface area contributed by atoms with Crippen molar-refractivity contribution in [3.8, 4) is 17.5 Å². The van der Waals surface area contributed by atoms with Crippen LogP contribution in [0.15, 0.2) is 53.3 Å². The molecule has 1 saturated heterocycles. The molecule has 3 heterocycles. The third kappa shape index (κ3) is 3.19. The maximum absolute atomic E-state index is 8.92. The minimum absolute atomic E-state index is 0.333. The molecule has 2 aliphatic rings. The number of nitrogens with zero attached hydrogens (tertiary/aromatic N) is 5. The van der Waals surface area contributed by atoms with Crippen LogP contribution in [0.3, 0.4) is 0 Å². The Morgan fingerprint density at radius 2 is 2.00 bits per heavy atom. The van der Waals surface area contributed by atoms with E-state index in [0.717, 1.165) is 37.5 Å². The lowest BCUT2D eigenvalue weighted by molar-refractivity contribution is 0.159. The molecular weight excluding hydrogens is 350 g/mol. The second-order valence-electron chi connectivity index (χ2n) is 7.90. The highest BCUT2D eigenvalue weighted by Gasteiger charge is 2.58. The molecule has 1 aromatic carbocycles. The van der Waals surface area contributed by atoms with Crippen LogP contribution in [0.1, 0.15) is 42.2 Å². The van der Waals surface area contributed by atoms with E-state index in [0.29, 0.717) is 22.7 Å². The lowest BCUT2D eigenvalue weighted by atomic mass is 9.90. The Balaban J connectivity index is 1.20. The molecule has 6 heteroatoms. The van der Waals surface area contributed by atoms with E-state index in [4.69, 9.17) is 9.78 Å². The minimum Gasteiger partial charge on any atom is -0.339 e. The highest BCUT2D eigenvalue weighted by Crippen LogP contribution is 2.64. The normalized spacial score (nSPS) is 20.8. The van der Waals surface area contributed by atoms with Crippen molar-refractivity contribution in [2.45, 2.75) is 31.7 Å². The second kappa shape index (κ2) is 6.84. The summed E-state index contributed by atoms with van der Waals surface area (Å²) in [4.78, 5) is 11.3. The topological polar surface area (TPSA) is 78.8 Å². The summed E-state index contributed by atoms with van der Waals surface area (Å²) in [7, 11) is 0. The fourth-order valence-corrected chi connectivity index (χ4v) is 4.34. The molecule has 1 aliphatic heterocycles. The fourth-order valence-electron chi connectivity index (χ4n) is 4.34. The van der Waals surface area contributed by atoms with Crippen molar-refractivity contribution in [3.63, 3.8) is 0 Å². The zero-order chi connectivity index (χ0) is 19.0. The number of pyridine rings is 1. The van der Waals surface area contributed by atoms with Gasteiger partial charge in [0.05, 0.1) is 11.6 Å². The maximum Gasteiger partial charge on any atom is 0.230 e. The Kier molecular flexibility index (Phi) is 4.18. The summed E-state index contributed by atoms with van der Waals surface area (Å²) >= 11 is 0. The van der Waals surface area contributed by atoms with Crippen LogP contribution in [-0.2, 0) is 6.54 Å². The number of hydrogen-bond acceptors (Lipinski definition) is 6. The summed E-state index contributed by atoms with van der Waals surface area (Å²) in [6.45, 7) is 3.11. The van der Waals surface area contributed by atoms with E-state index in [-0.39, 0.29) is 0 Å². The van der Waals surface area contributed by atoms with Crippen molar-refractivity contribution < 1.29 is 4.52 Å². The molecule has 0 N–H and O–H groups in total. The Bertz CT molecular complexity index is 997. The number of piperidine rings is 1. The van der Waals surface area contributed by atoms with Crippen molar-refractivity contribution in [1.29, 1.82) is 5.26 Å². The SMILES string of the molecule is N#Cc1ccc(CN2CCC3(CC2)C[C@@H]3c2nc(-c3cccnc3)no2)cc1. The van der Waals surface area contributed by atoms with Gasteiger partial charge in [0.15, 0.2) is 0 Å². The van der Waals surface area contributed by atoms with Crippen LogP contribution in [0.2, 0.25) is 0 Å². The van der Waals surface area contributed by atoms with Crippen LogP contribution in [0.5, 0.6) is 0 Å². The quantitative estimate of drug-likeness (QED) is 0.694. The van der Waals surface area contributed by atoms with Crippen molar-refractivity contribution in [3.05, 3.63) is 65.8 Å². The summed E-state index contributed by atoms with van der Waals surface area (Å²) in [5.41, 5.74) is 3.21. The summed E-state index contributed by atoms with van der Waals surface area (Å²) in [5, 5.41) is 13.1. The molecule has 140 valence electrons. The van der Waals surface area contributed by atoms with E-state index in [1.807, 2.05) is 24.3 Å². The molecule has 0 amide bonds. The average Bonchev–Trinajstić information content (AvgIpc) is 3.22. The Morgan fingerprint density at radius 3 is 2.71 bits per heavy atom. The lowest BCUT2D eigenvalue weighted by Gasteiger charge is -2.32. The maximum atomic E-state index is 8.92. The van der Waals surface area contributed by atoms with E-state index in [1.165, 1.54) is 18.4 Å². The van der Waals surface area contributed by atoms with Crippen molar-refractivity contribution in [2.75, 3.05) is 13.1 Å². The van der Waals surface area contributed by atoms with Crippen LogP contribution in [0.4, 0.5) is 0 Å². The molecule has 2 fully saturated rings. The third-order valence-corrected chi connectivity index (χ3v) is 6.19. The highest BCUT2D eigenvalue weighted by atomic mass is 16.5. The number of nitriles is 1. The van der Waals surface area contributed by atoms with Gasteiger partial charge in [-0.25, -0.2) is 0 Å². The molecule has 28 heavy (non-hydrogen) atoms. The van der Waals surface area contributed by atoms with Crippen molar-refractivity contribution >= 4 is 0 Å². The zero-order valence-electron chi connectivity index (χ0n) is 15.6. The molecule has 0 bridgehead atoms. The molecule has 5 rings (SSSR count).